The molecule has 4 atom stereocenters. The van der Waals surface area contributed by atoms with Crippen molar-refractivity contribution in [2.24, 2.45) is 5.92 Å². The van der Waals surface area contributed by atoms with Gasteiger partial charge in [-0.15, -0.1) is 5.39 Å². The molecule has 1 aliphatic carbocycles. The van der Waals surface area contributed by atoms with Crippen molar-refractivity contribution < 1.29 is 33.7 Å². The molecule has 0 spiro atoms. The third-order valence-electron chi connectivity index (χ3n) is 5.76. The fourth-order valence-electron chi connectivity index (χ4n) is 4.27. The van der Waals surface area contributed by atoms with Gasteiger partial charge in [0.05, 0.1) is 26.1 Å². The number of aryl methyl sites for hydroxylation is 1. The van der Waals surface area contributed by atoms with Gasteiger partial charge in [0.15, 0.2) is 6.29 Å². The third kappa shape index (κ3) is 3.36. The Labute approximate surface area is 177 Å². The zero-order valence-electron chi connectivity index (χ0n) is 15.8. The molecule has 1 saturated carbocycles. The van der Waals surface area contributed by atoms with Gasteiger partial charge >= 0.3 is 0 Å². The molecule has 28 heavy (non-hydrogen) atoms. The summed E-state index contributed by atoms with van der Waals surface area (Å²) in [5.41, 5.74) is 2.95. The van der Waals surface area contributed by atoms with Gasteiger partial charge in [-0.2, -0.15) is 6.07 Å². The van der Waals surface area contributed by atoms with Crippen molar-refractivity contribution in [3.8, 4) is 5.75 Å². The van der Waals surface area contributed by atoms with Crippen LogP contribution in [0.25, 0.3) is 11.0 Å². The zero-order valence-corrected chi connectivity index (χ0v) is 17.4. The minimum atomic E-state index is -0.312. The summed E-state index contributed by atoms with van der Waals surface area (Å²) in [5.74, 6) is 1.24. The van der Waals surface area contributed by atoms with Crippen LogP contribution in [0, 0.1) is 18.9 Å². The van der Waals surface area contributed by atoms with Crippen LogP contribution in [-0.2, 0) is 29.0 Å². The van der Waals surface area contributed by atoms with E-state index >= 15 is 0 Å². The molecule has 1 saturated heterocycles. The zero-order chi connectivity index (χ0) is 18.4. The molecule has 1 aromatic carbocycles. The van der Waals surface area contributed by atoms with E-state index in [1.54, 1.807) is 13.4 Å². The molecule has 1 aliphatic heterocycles. The van der Waals surface area contributed by atoms with Gasteiger partial charge in [0, 0.05) is 42.6 Å². The SMILES string of the molecule is COc1ccc(C2OC[C@@H]3C[C@@H](n4c[c-]c5c(C)ncnc54)C[C@@H]3O2)cc1.[Rh]. The molecule has 5 rings (SSSR count). The standard InChI is InChI=1S/C21H22N3O3.Rh/c1-13-18-7-8-24(20(18)23-12-22-13)16-9-15-11-26-21(27-19(15)10-16)14-3-5-17(25-2)6-4-14;/h3-6,8,12,15-16,19,21H,9-11H2,1-2H3;/q-1;/t15-,16+,19-,21?;/m0./s1. The summed E-state index contributed by atoms with van der Waals surface area (Å²) in [6.07, 6.45) is 5.51. The Kier molecular flexibility index (Phi) is 5.50. The number of hydrogen-bond donors (Lipinski definition) is 0. The number of ether oxygens (including phenoxy) is 3. The molecule has 2 aromatic heterocycles. The Morgan fingerprint density at radius 3 is 2.79 bits per heavy atom. The molecule has 2 fully saturated rings. The Hall–Kier alpha value is -1.82. The maximum Gasteiger partial charge on any atom is 0.184 e. The molecule has 0 amide bonds. The van der Waals surface area contributed by atoms with Crippen molar-refractivity contribution in [3.05, 3.63) is 54.1 Å². The molecular weight excluding hydrogens is 445 g/mol. The minimum Gasteiger partial charge on any atom is -0.497 e. The second kappa shape index (κ2) is 7.90. The first-order chi connectivity index (χ1) is 13.2. The summed E-state index contributed by atoms with van der Waals surface area (Å²) in [6.45, 7) is 2.71. The van der Waals surface area contributed by atoms with E-state index in [1.807, 2.05) is 37.4 Å². The Morgan fingerprint density at radius 2 is 2.00 bits per heavy atom. The normalized spacial score (nSPS) is 26.6. The fourth-order valence-corrected chi connectivity index (χ4v) is 4.27. The molecule has 149 valence electrons. The van der Waals surface area contributed by atoms with E-state index < -0.39 is 0 Å². The van der Waals surface area contributed by atoms with Crippen molar-refractivity contribution in [3.63, 3.8) is 0 Å². The van der Waals surface area contributed by atoms with E-state index in [9.17, 15) is 0 Å². The predicted molar refractivity (Wildman–Crippen MR) is 99.4 cm³/mol. The molecular formula is C21H22N3O3Rh-. The summed E-state index contributed by atoms with van der Waals surface area (Å²) < 4.78 is 19.8. The summed E-state index contributed by atoms with van der Waals surface area (Å²) in [7, 11) is 1.67. The Balaban J connectivity index is 0.00000192. The average molecular weight is 467 g/mol. The Bertz CT molecular complexity index is 959. The number of benzene rings is 1. The predicted octanol–water partition coefficient (Wildman–Crippen LogP) is 3.61. The average Bonchev–Trinajstić information content (AvgIpc) is 3.32. The third-order valence-corrected chi connectivity index (χ3v) is 5.76. The van der Waals surface area contributed by atoms with Crippen LogP contribution in [0.4, 0.5) is 0 Å². The summed E-state index contributed by atoms with van der Waals surface area (Å²) in [6, 6.07) is 11.6. The minimum absolute atomic E-state index is 0. The van der Waals surface area contributed by atoms with Crippen LogP contribution in [0.3, 0.4) is 0 Å². The van der Waals surface area contributed by atoms with E-state index in [2.05, 4.69) is 20.6 Å². The maximum absolute atomic E-state index is 6.31. The molecule has 6 nitrogen and oxygen atoms in total. The van der Waals surface area contributed by atoms with Crippen LogP contribution in [0.15, 0.2) is 36.8 Å². The van der Waals surface area contributed by atoms with E-state index in [0.29, 0.717) is 12.0 Å². The Morgan fingerprint density at radius 1 is 1.18 bits per heavy atom. The van der Waals surface area contributed by atoms with Gasteiger partial charge in [-0.3, -0.25) is 4.98 Å². The van der Waals surface area contributed by atoms with Crippen LogP contribution in [0.5, 0.6) is 5.75 Å². The second-order valence-corrected chi connectivity index (χ2v) is 7.34. The van der Waals surface area contributed by atoms with Crippen molar-refractivity contribution in [2.75, 3.05) is 13.7 Å². The molecule has 1 unspecified atom stereocenters. The fraction of sp³-hybridized carbons (Fsp3) is 0.429. The summed E-state index contributed by atoms with van der Waals surface area (Å²) in [5, 5.41) is 1.00. The summed E-state index contributed by atoms with van der Waals surface area (Å²) in [4.78, 5) is 8.75. The quantitative estimate of drug-likeness (QED) is 0.435. The molecule has 3 aromatic rings. The van der Waals surface area contributed by atoms with Gasteiger partial charge in [-0.05, 0) is 25.0 Å². The first-order valence-electron chi connectivity index (χ1n) is 9.34. The number of methoxy groups -OCH3 is 1. The molecule has 0 bridgehead atoms. The smallest absolute Gasteiger partial charge is 0.184 e. The van der Waals surface area contributed by atoms with Crippen LogP contribution in [0.2, 0.25) is 0 Å². The number of nitrogens with zero attached hydrogens (tertiary/aromatic N) is 3. The molecule has 0 N–H and O–H groups in total. The summed E-state index contributed by atoms with van der Waals surface area (Å²) >= 11 is 0. The molecule has 3 heterocycles. The maximum atomic E-state index is 6.31. The van der Waals surface area contributed by atoms with Crippen LogP contribution < -0.4 is 4.74 Å². The topological polar surface area (TPSA) is 58.4 Å². The van der Waals surface area contributed by atoms with Crippen LogP contribution in [0.1, 0.15) is 36.4 Å². The molecule has 1 radical (unpaired) electrons. The number of rotatable bonds is 3. The largest absolute Gasteiger partial charge is 0.497 e. The van der Waals surface area contributed by atoms with Crippen molar-refractivity contribution in [1.82, 2.24) is 14.5 Å². The van der Waals surface area contributed by atoms with Gasteiger partial charge in [0.1, 0.15) is 5.75 Å². The van der Waals surface area contributed by atoms with Crippen molar-refractivity contribution in [2.45, 2.75) is 38.2 Å². The number of aromatic nitrogens is 3. The first kappa shape index (κ1) is 19.5. The molecule has 2 aliphatic rings. The van der Waals surface area contributed by atoms with E-state index in [0.717, 1.165) is 47.5 Å². The van der Waals surface area contributed by atoms with Gasteiger partial charge < -0.3 is 23.8 Å². The van der Waals surface area contributed by atoms with Crippen molar-refractivity contribution in [1.29, 1.82) is 0 Å². The van der Waals surface area contributed by atoms with Gasteiger partial charge in [0.25, 0.3) is 0 Å². The van der Waals surface area contributed by atoms with Crippen LogP contribution in [-0.4, -0.2) is 34.4 Å². The van der Waals surface area contributed by atoms with Gasteiger partial charge in [-0.1, -0.05) is 30.9 Å². The molecule has 7 heteroatoms. The monoisotopic (exact) mass is 467 g/mol. The number of hydrogen-bond acceptors (Lipinski definition) is 5. The van der Waals surface area contributed by atoms with E-state index in [4.69, 9.17) is 14.2 Å². The number of fused-ring (bicyclic) bond motifs is 2. The van der Waals surface area contributed by atoms with Gasteiger partial charge in [-0.25, -0.2) is 0 Å². The van der Waals surface area contributed by atoms with Gasteiger partial charge in [0.2, 0.25) is 0 Å². The van der Waals surface area contributed by atoms with Crippen molar-refractivity contribution >= 4 is 11.0 Å². The first-order valence-corrected chi connectivity index (χ1v) is 9.34. The second-order valence-electron chi connectivity index (χ2n) is 7.34. The van der Waals surface area contributed by atoms with E-state index in [-0.39, 0.29) is 31.9 Å². The van der Waals surface area contributed by atoms with E-state index in [1.165, 1.54) is 0 Å². The van der Waals surface area contributed by atoms with Crippen LogP contribution >= 0.6 is 0 Å².